The molecule has 3 aromatic carbocycles. The molecule has 160 valence electrons. The standard InChI is InChI=1S/C23H23N3O3S2/c1-18-7-6-8-20(15-18)26(31(28,29)22-9-4-3-5-10-22)17-23(27)25-24-16-19-11-13-21(30-2)14-12-19/h3-16H,17H2,1-2H3,(H,25,27)/b24-16+. The van der Waals surface area contributed by atoms with Gasteiger partial charge in [-0.05, 0) is 60.7 Å². The summed E-state index contributed by atoms with van der Waals surface area (Å²) in [6, 6.07) is 22.8. The Kier molecular flexibility index (Phi) is 7.49. The van der Waals surface area contributed by atoms with Crippen LogP contribution in [0.5, 0.6) is 0 Å². The van der Waals surface area contributed by atoms with E-state index in [0.29, 0.717) is 5.69 Å². The van der Waals surface area contributed by atoms with E-state index < -0.39 is 22.5 Å². The summed E-state index contributed by atoms with van der Waals surface area (Å²) in [7, 11) is -3.93. The predicted octanol–water partition coefficient (Wildman–Crippen LogP) is 4.06. The number of sulfonamides is 1. The third-order valence-electron chi connectivity index (χ3n) is 4.43. The number of aryl methyl sites for hydroxylation is 1. The van der Waals surface area contributed by atoms with Crippen LogP contribution in [0.1, 0.15) is 11.1 Å². The molecule has 0 heterocycles. The Morgan fingerprint density at radius 3 is 2.39 bits per heavy atom. The number of benzene rings is 3. The molecule has 0 unspecified atom stereocenters. The van der Waals surface area contributed by atoms with Gasteiger partial charge in [0.05, 0.1) is 16.8 Å². The molecule has 0 fully saturated rings. The SMILES string of the molecule is CSc1ccc(/C=N/NC(=O)CN(c2cccc(C)c2)S(=O)(=O)c2ccccc2)cc1. The molecule has 6 nitrogen and oxygen atoms in total. The van der Waals surface area contributed by atoms with Crippen molar-refractivity contribution < 1.29 is 13.2 Å². The predicted molar refractivity (Wildman–Crippen MR) is 126 cm³/mol. The lowest BCUT2D eigenvalue weighted by Gasteiger charge is -2.24. The Hall–Kier alpha value is -3.10. The van der Waals surface area contributed by atoms with Gasteiger partial charge in [0.25, 0.3) is 15.9 Å². The van der Waals surface area contributed by atoms with Crippen molar-refractivity contribution in [1.82, 2.24) is 5.43 Å². The van der Waals surface area contributed by atoms with Crippen LogP contribution in [0.25, 0.3) is 0 Å². The fourth-order valence-electron chi connectivity index (χ4n) is 2.85. The van der Waals surface area contributed by atoms with Gasteiger partial charge in [-0.1, -0.05) is 42.5 Å². The molecule has 1 N–H and O–H groups in total. The van der Waals surface area contributed by atoms with Crippen LogP contribution in [-0.2, 0) is 14.8 Å². The van der Waals surface area contributed by atoms with Gasteiger partial charge in [-0.15, -0.1) is 11.8 Å². The number of amides is 1. The third-order valence-corrected chi connectivity index (χ3v) is 6.96. The average Bonchev–Trinajstić information content (AvgIpc) is 2.78. The second-order valence-corrected chi connectivity index (χ2v) is 9.47. The zero-order valence-corrected chi connectivity index (χ0v) is 18.9. The summed E-state index contributed by atoms with van der Waals surface area (Å²) in [5.74, 6) is -0.544. The van der Waals surface area contributed by atoms with Crippen molar-refractivity contribution in [1.29, 1.82) is 0 Å². The molecule has 0 saturated carbocycles. The summed E-state index contributed by atoms with van der Waals surface area (Å²) in [5.41, 5.74) is 4.54. The molecule has 0 aromatic heterocycles. The van der Waals surface area contributed by atoms with Crippen LogP contribution in [0, 0.1) is 6.92 Å². The summed E-state index contributed by atoms with van der Waals surface area (Å²) in [5, 5.41) is 3.96. The van der Waals surface area contributed by atoms with Crippen molar-refractivity contribution in [2.75, 3.05) is 17.1 Å². The number of thioether (sulfide) groups is 1. The molecule has 0 bridgehead atoms. The number of nitrogens with one attached hydrogen (secondary N) is 1. The second-order valence-electron chi connectivity index (χ2n) is 6.73. The molecule has 31 heavy (non-hydrogen) atoms. The summed E-state index contributed by atoms with van der Waals surface area (Å²) >= 11 is 1.64. The molecule has 8 heteroatoms. The van der Waals surface area contributed by atoms with Crippen molar-refractivity contribution >= 4 is 39.6 Å². The molecule has 3 aromatic rings. The first kappa shape index (κ1) is 22.6. The molecule has 0 atom stereocenters. The summed E-state index contributed by atoms with van der Waals surface area (Å²) in [6.45, 7) is 1.47. The molecule has 0 aliphatic carbocycles. The van der Waals surface area contributed by atoms with E-state index in [0.717, 1.165) is 20.3 Å². The Bertz CT molecular complexity index is 1160. The van der Waals surface area contributed by atoms with E-state index in [1.807, 2.05) is 43.5 Å². The maximum Gasteiger partial charge on any atom is 0.264 e. The van der Waals surface area contributed by atoms with Crippen molar-refractivity contribution in [3.05, 3.63) is 90.0 Å². The lowest BCUT2D eigenvalue weighted by molar-refractivity contribution is -0.119. The van der Waals surface area contributed by atoms with Crippen LogP contribution in [0.4, 0.5) is 5.69 Å². The zero-order valence-electron chi connectivity index (χ0n) is 17.2. The fraction of sp³-hybridized carbons (Fsp3) is 0.130. The Balaban J connectivity index is 1.79. The molecular formula is C23H23N3O3S2. The monoisotopic (exact) mass is 453 g/mol. The lowest BCUT2D eigenvalue weighted by Crippen LogP contribution is -2.39. The third kappa shape index (κ3) is 5.96. The number of hydrogen-bond donors (Lipinski definition) is 1. The van der Waals surface area contributed by atoms with Gasteiger partial charge in [0.15, 0.2) is 0 Å². The Morgan fingerprint density at radius 2 is 1.74 bits per heavy atom. The van der Waals surface area contributed by atoms with Crippen LogP contribution in [0.15, 0.2) is 93.8 Å². The fourth-order valence-corrected chi connectivity index (χ4v) is 4.69. The molecule has 0 aliphatic heterocycles. The van der Waals surface area contributed by atoms with Gasteiger partial charge in [0, 0.05) is 4.90 Å². The van der Waals surface area contributed by atoms with E-state index in [4.69, 9.17) is 0 Å². The maximum atomic E-state index is 13.2. The topological polar surface area (TPSA) is 78.8 Å². The van der Waals surface area contributed by atoms with E-state index in [1.165, 1.54) is 18.3 Å². The minimum absolute atomic E-state index is 0.113. The normalized spacial score (nSPS) is 11.4. The lowest BCUT2D eigenvalue weighted by atomic mass is 10.2. The van der Waals surface area contributed by atoms with Crippen molar-refractivity contribution in [2.45, 2.75) is 16.7 Å². The van der Waals surface area contributed by atoms with Crippen LogP contribution in [0.2, 0.25) is 0 Å². The zero-order chi connectivity index (χ0) is 22.3. The van der Waals surface area contributed by atoms with Crippen molar-refractivity contribution in [3.8, 4) is 0 Å². The van der Waals surface area contributed by atoms with E-state index in [1.54, 1.807) is 48.2 Å². The molecule has 0 radical (unpaired) electrons. The Morgan fingerprint density at radius 1 is 1.03 bits per heavy atom. The molecule has 3 rings (SSSR count). The second kappa shape index (κ2) is 10.3. The van der Waals surface area contributed by atoms with Gasteiger partial charge in [0.1, 0.15) is 6.54 Å². The highest BCUT2D eigenvalue weighted by Gasteiger charge is 2.27. The number of hydrogen-bond acceptors (Lipinski definition) is 5. The molecule has 0 saturated heterocycles. The van der Waals surface area contributed by atoms with Crippen LogP contribution in [-0.4, -0.2) is 33.3 Å². The highest BCUT2D eigenvalue weighted by Crippen LogP contribution is 2.24. The summed E-state index contributed by atoms with van der Waals surface area (Å²) in [6.07, 6.45) is 3.51. The first-order valence-corrected chi connectivity index (χ1v) is 12.2. The number of carbonyl (C=O) groups excluding carboxylic acids is 1. The first-order valence-electron chi connectivity index (χ1n) is 9.50. The van der Waals surface area contributed by atoms with E-state index in [-0.39, 0.29) is 4.90 Å². The molecular weight excluding hydrogens is 430 g/mol. The molecule has 1 amide bonds. The minimum atomic E-state index is -3.93. The van der Waals surface area contributed by atoms with Gasteiger partial charge in [0.2, 0.25) is 0 Å². The first-order chi connectivity index (χ1) is 14.9. The van der Waals surface area contributed by atoms with Gasteiger partial charge in [-0.25, -0.2) is 13.8 Å². The number of rotatable bonds is 8. The van der Waals surface area contributed by atoms with Crippen LogP contribution in [0.3, 0.4) is 0 Å². The van der Waals surface area contributed by atoms with E-state index >= 15 is 0 Å². The largest absolute Gasteiger partial charge is 0.271 e. The smallest absolute Gasteiger partial charge is 0.264 e. The number of hydrazone groups is 1. The maximum absolute atomic E-state index is 13.2. The molecule has 0 spiro atoms. The van der Waals surface area contributed by atoms with E-state index in [2.05, 4.69) is 10.5 Å². The van der Waals surface area contributed by atoms with Crippen molar-refractivity contribution in [2.24, 2.45) is 5.10 Å². The van der Waals surface area contributed by atoms with Crippen molar-refractivity contribution in [3.63, 3.8) is 0 Å². The number of carbonyl (C=O) groups is 1. The quantitative estimate of drug-likeness (QED) is 0.317. The number of nitrogens with zero attached hydrogens (tertiary/aromatic N) is 2. The summed E-state index contributed by atoms with van der Waals surface area (Å²) < 4.78 is 27.6. The Labute approximate surface area is 187 Å². The van der Waals surface area contributed by atoms with Gasteiger partial charge < -0.3 is 0 Å². The number of anilines is 1. The highest BCUT2D eigenvalue weighted by atomic mass is 32.2. The van der Waals surface area contributed by atoms with Crippen LogP contribution < -0.4 is 9.73 Å². The van der Waals surface area contributed by atoms with E-state index in [9.17, 15) is 13.2 Å². The minimum Gasteiger partial charge on any atom is -0.271 e. The van der Waals surface area contributed by atoms with Gasteiger partial charge >= 0.3 is 0 Å². The molecule has 0 aliphatic rings. The van der Waals surface area contributed by atoms with Gasteiger partial charge in [-0.2, -0.15) is 5.10 Å². The summed E-state index contributed by atoms with van der Waals surface area (Å²) in [4.78, 5) is 13.8. The average molecular weight is 454 g/mol. The highest BCUT2D eigenvalue weighted by molar-refractivity contribution is 7.98. The van der Waals surface area contributed by atoms with Crippen LogP contribution >= 0.6 is 11.8 Å². The van der Waals surface area contributed by atoms with Gasteiger partial charge in [-0.3, -0.25) is 9.10 Å².